The Morgan fingerprint density at radius 3 is 2.44 bits per heavy atom. The van der Waals surface area contributed by atoms with Crippen molar-refractivity contribution in [1.82, 2.24) is 0 Å². The Kier molecular flexibility index (Phi) is 2.36. The van der Waals surface area contributed by atoms with Gasteiger partial charge in [-0.3, -0.25) is 10.1 Å². The van der Waals surface area contributed by atoms with Crippen LogP contribution in [0.2, 0.25) is 0 Å². The van der Waals surface area contributed by atoms with Crippen LogP contribution in [-0.4, -0.2) is 17.0 Å². The summed E-state index contributed by atoms with van der Waals surface area (Å²) in [6.07, 6.45) is 0. The molecule has 16 heavy (non-hydrogen) atoms. The fourth-order valence-corrected chi connectivity index (χ4v) is 1.50. The van der Waals surface area contributed by atoms with Crippen molar-refractivity contribution in [3.8, 4) is 0 Å². The summed E-state index contributed by atoms with van der Waals surface area (Å²) >= 11 is 0. The van der Waals surface area contributed by atoms with E-state index in [1.165, 1.54) is 6.92 Å². The normalized spacial score (nSPS) is 10.3. The molecule has 2 aromatic rings. The monoisotopic (exact) mass is 219 g/mol. The maximum Gasteiger partial charge on any atom is 0.372 e. The lowest BCUT2D eigenvalue weighted by Gasteiger charge is -1.95. The van der Waals surface area contributed by atoms with Crippen molar-refractivity contribution in [2.24, 2.45) is 0 Å². The minimum Gasteiger partial charge on any atom is -0.475 e. The number of benzene rings is 1. The van der Waals surface area contributed by atoms with Gasteiger partial charge in [-0.2, -0.15) is 0 Å². The van der Waals surface area contributed by atoms with Crippen LogP contribution in [0.1, 0.15) is 17.5 Å². The number of carbonyl (C=O) groups is 2. The Hall–Kier alpha value is -2.30. The minimum absolute atomic E-state index is 0.167. The van der Waals surface area contributed by atoms with E-state index >= 15 is 0 Å². The zero-order chi connectivity index (χ0) is 11.7. The van der Waals surface area contributed by atoms with Gasteiger partial charge in [0.05, 0.1) is 0 Å². The van der Waals surface area contributed by atoms with E-state index in [4.69, 9.17) is 9.52 Å². The van der Waals surface area contributed by atoms with Crippen LogP contribution in [0.25, 0.3) is 10.8 Å². The average molecular weight is 219 g/mol. The van der Waals surface area contributed by atoms with Crippen LogP contribution in [0, 0.1) is 0 Å². The third-order valence-corrected chi connectivity index (χ3v) is 2.10. The highest BCUT2D eigenvalue weighted by molar-refractivity contribution is 6.08. The summed E-state index contributed by atoms with van der Waals surface area (Å²) in [5, 5.41) is 12.4. The Morgan fingerprint density at radius 2 is 1.88 bits per heavy atom. The first-order chi connectivity index (χ1) is 7.59. The molecule has 0 fully saturated rings. The summed E-state index contributed by atoms with van der Waals surface area (Å²) in [5.41, 5.74) is 0. The number of anilines is 1. The summed E-state index contributed by atoms with van der Waals surface area (Å²) < 4.78 is 5.11. The summed E-state index contributed by atoms with van der Waals surface area (Å²) in [6, 6.07) is 6.78. The fourth-order valence-electron chi connectivity index (χ4n) is 1.50. The third-order valence-electron chi connectivity index (χ3n) is 2.10. The van der Waals surface area contributed by atoms with E-state index in [9.17, 15) is 9.59 Å². The van der Waals surface area contributed by atoms with Gasteiger partial charge in [-0.1, -0.05) is 18.2 Å². The number of nitrogens with one attached hydrogen (secondary N) is 1. The van der Waals surface area contributed by atoms with Gasteiger partial charge in [0, 0.05) is 17.7 Å². The topological polar surface area (TPSA) is 79.5 Å². The predicted octanol–water partition coefficient (Wildman–Crippen LogP) is 2.09. The van der Waals surface area contributed by atoms with E-state index in [0.717, 1.165) is 0 Å². The van der Waals surface area contributed by atoms with Gasteiger partial charge in [-0.05, 0) is 6.07 Å². The number of carboxylic acid groups (broad SMARTS) is 1. The first-order valence-corrected chi connectivity index (χ1v) is 4.62. The van der Waals surface area contributed by atoms with Gasteiger partial charge in [0.15, 0.2) is 0 Å². The SMILES string of the molecule is CC(=O)Nc1oc(C(=O)O)c2ccccc12. The zero-order valence-corrected chi connectivity index (χ0v) is 8.48. The van der Waals surface area contributed by atoms with Crippen LogP contribution in [0.3, 0.4) is 0 Å². The van der Waals surface area contributed by atoms with Crippen molar-refractivity contribution >= 4 is 28.5 Å². The van der Waals surface area contributed by atoms with Gasteiger partial charge in [0.2, 0.25) is 17.6 Å². The first-order valence-electron chi connectivity index (χ1n) is 4.62. The molecule has 82 valence electrons. The molecule has 0 unspecified atom stereocenters. The molecule has 5 heteroatoms. The van der Waals surface area contributed by atoms with Gasteiger partial charge >= 0.3 is 5.97 Å². The molecule has 0 saturated carbocycles. The number of aromatic carboxylic acids is 1. The molecule has 0 spiro atoms. The van der Waals surface area contributed by atoms with Gasteiger partial charge in [-0.25, -0.2) is 4.79 Å². The number of amides is 1. The number of hydrogen-bond donors (Lipinski definition) is 2. The molecule has 2 rings (SSSR count). The molecule has 0 saturated heterocycles. The molecule has 5 nitrogen and oxygen atoms in total. The maximum absolute atomic E-state index is 10.9. The largest absolute Gasteiger partial charge is 0.475 e. The number of fused-ring (bicyclic) bond motifs is 1. The number of carbonyl (C=O) groups excluding carboxylic acids is 1. The van der Waals surface area contributed by atoms with Gasteiger partial charge < -0.3 is 9.52 Å². The van der Waals surface area contributed by atoms with Crippen LogP contribution in [-0.2, 0) is 4.79 Å². The van der Waals surface area contributed by atoms with Gasteiger partial charge in [0.1, 0.15) is 0 Å². The molecule has 1 heterocycles. The van der Waals surface area contributed by atoms with E-state index in [-0.39, 0.29) is 17.6 Å². The molecule has 0 bridgehead atoms. The summed E-state index contributed by atoms with van der Waals surface area (Å²) in [5.74, 6) is -1.47. The minimum atomic E-state index is -1.16. The third kappa shape index (κ3) is 1.63. The number of furan rings is 1. The van der Waals surface area contributed by atoms with E-state index in [1.807, 2.05) is 0 Å². The quantitative estimate of drug-likeness (QED) is 0.810. The van der Waals surface area contributed by atoms with E-state index in [0.29, 0.717) is 10.8 Å². The van der Waals surface area contributed by atoms with Crippen molar-refractivity contribution in [3.63, 3.8) is 0 Å². The van der Waals surface area contributed by atoms with Crippen LogP contribution in [0.15, 0.2) is 28.7 Å². The van der Waals surface area contributed by atoms with Gasteiger partial charge in [-0.15, -0.1) is 0 Å². The van der Waals surface area contributed by atoms with Crippen LogP contribution in [0.4, 0.5) is 5.88 Å². The van der Waals surface area contributed by atoms with E-state index in [2.05, 4.69) is 5.32 Å². The molecule has 1 aromatic carbocycles. The van der Waals surface area contributed by atoms with E-state index < -0.39 is 5.97 Å². The Labute approximate surface area is 90.7 Å². The van der Waals surface area contributed by atoms with Crippen molar-refractivity contribution in [3.05, 3.63) is 30.0 Å². The second kappa shape index (κ2) is 3.69. The van der Waals surface area contributed by atoms with Crippen LogP contribution < -0.4 is 5.32 Å². The molecular weight excluding hydrogens is 210 g/mol. The summed E-state index contributed by atoms with van der Waals surface area (Å²) in [7, 11) is 0. The smallest absolute Gasteiger partial charge is 0.372 e. The molecule has 0 aliphatic rings. The lowest BCUT2D eigenvalue weighted by molar-refractivity contribution is -0.114. The summed E-state index contributed by atoms with van der Waals surface area (Å²) in [4.78, 5) is 21.8. The number of carboxylic acids is 1. The maximum atomic E-state index is 10.9. The van der Waals surface area contributed by atoms with Crippen molar-refractivity contribution in [2.45, 2.75) is 6.92 Å². The second-order valence-corrected chi connectivity index (χ2v) is 3.29. The highest BCUT2D eigenvalue weighted by Crippen LogP contribution is 2.29. The highest BCUT2D eigenvalue weighted by Gasteiger charge is 2.18. The molecule has 1 aromatic heterocycles. The molecule has 0 radical (unpaired) electrons. The lowest BCUT2D eigenvalue weighted by Crippen LogP contribution is -2.04. The lowest BCUT2D eigenvalue weighted by atomic mass is 10.2. The Balaban J connectivity index is 2.66. The fraction of sp³-hybridized carbons (Fsp3) is 0.0909. The molecule has 0 aliphatic heterocycles. The predicted molar refractivity (Wildman–Crippen MR) is 57.5 cm³/mol. The van der Waals surface area contributed by atoms with Crippen molar-refractivity contribution in [2.75, 3.05) is 5.32 Å². The Morgan fingerprint density at radius 1 is 1.25 bits per heavy atom. The van der Waals surface area contributed by atoms with Crippen LogP contribution >= 0.6 is 0 Å². The standard InChI is InChI=1S/C11H9NO4/c1-6(13)12-10-8-5-3-2-4-7(8)9(16-10)11(14)15/h2-5H,1H3,(H,12,13)(H,14,15). The van der Waals surface area contributed by atoms with Crippen molar-refractivity contribution in [1.29, 1.82) is 0 Å². The number of hydrogen-bond acceptors (Lipinski definition) is 3. The highest BCUT2D eigenvalue weighted by atomic mass is 16.4. The number of rotatable bonds is 2. The van der Waals surface area contributed by atoms with E-state index in [1.54, 1.807) is 24.3 Å². The summed E-state index contributed by atoms with van der Waals surface area (Å²) in [6.45, 7) is 1.33. The molecule has 1 amide bonds. The average Bonchev–Trinajstić information content (AvgIpc) is 2.57. The molecule has 2 N–H and O–H groups in total. The zero-order valence-electron chi connectivity index (χ0n) is 8.48. The first kappa shape index (κ1) is 10.2. The Bertz CT molecular complexity index is 570. The molecule has 0 aliphatic carbocycles. The second-order valence-electron chi connectivity index (χ2n) is 3.29. The van der Waals surface area contributed by atoms with Gasteiger partial charge in [0.25, 0.3) is 0 Å². The van der Waals surface area contributed by atoms with Crippen LogP contribution in [0.5, 0.6) is 0 Å². The molecule has 0 atom stereocenters. The van der Waals surface area contributed by atoms with Crippen molar-refractivity contribution < 1.29 is 19.1 Å². The molecular formula is C11H9NO4.